The van der Waals surface area contributed by atoms with E-state index in [1.54, 1.807) is 12.4 Å². The van der Waals surface area contributed by atoms with Crippen molar-refractivity contribution in [3.8, 4) is 0 Å². The molecule has 3 rings (SSSR count). The minimum atomic E-state index is -0.0998. The molecule has 2 aromatic rings. The van der Waals surface area contributed by atoms with Gasteiger partial charge in [0, 0.05) is 37.7 Å². The minimum Gasteiger partial charge on any atom is -0.352 e. The molecule has 25 heavy (non-hydrogen) atoms. The Labute approximate surface area is 148 Å². The zero-order valence-corrected chi connectivity index (χ0v) is 14.7. The highest BCUT2D eigenvalue weighted by Crippen LogP contribution is 2.20. The highest BCUT2D eigenvalue weighted by atomic mass is 16.1. The Morgan fingerprint density at radius 2 is 2.16 bits per heavy atom. The van der Waals surface area contributed by atoms with E-state index < -0.39 is 0 Å². The van der Waals surface area contributed by atoms with E-state index in [2.05, 4.69) is 37.3 Å². The maximum Gasteiger partial charge on any atom is 0.254 e. The SMILES string of the molecule is Cc1cccc(CN2CCC[C@H](CCNC(=O)c3cncnc3)C2)n1. The first kappa shape index (κ1) is 17.5. The van der Waals surface area contributed by atoms with Crippen LogP contribution in [0.4, 0.5) is 0 Å². The van der Waals surface area contributed by atoms with Gasteiger partial charge in [0.15, 0.2) is 0 Å². The number of aryl methyl sites for hydroxylation is 1. The predicted octanol–water partition coefficient (Wildman–Crippen LogP) is 2.21. The normalized spacial score (nSPS) is 18.0. The van der Waals surface area contributed by atoms with Crippen LogP contribution < -0.4 is 5.32 Å². The predicted molar refractivity (Wildman–Crippen MR) is 96.0 cm³/mol. The molecular formula is C19H25N5O. The Bertz CT molecular complexity index is 691. The van der Waals surface area contributed by atoms with Crippen LogP contribution in [0.15, 0.2) is 36.9 Å². The number of hydrogen-bond acceptors (Lipinski definition) is 5. The van der Waals surface area contributed by atoms with E-state index in [0.717, 1.165) is 37.4 Å². The summed E-state index contributed by atoms with van der Waals surface area (Å²) in [6.45, 7) is 5.82. The molecule has 0 aliphatic carbocycles. The second kappa shape index (κ2) is 8.67. The summed E-state index contributed by atoms with van der Waals surface area (Å²) in [4.78, 5) is 26.8. The van der Waals surface area contributed by atoms with Gasteiger partial charge in [-0.3, -0.25) is 14.7 Å². The summed E-state index contributed by atoms with van der Waals surface area (Å²) in [5, 5.41) is 2.97. The fraction of sp³-hybridized carbons (Fsp3) is 0.474. The maximum atomic E-state index is 12.0. The van der Waals surface area contributed by atoms with Crippen LogP contribution in [0.1, 0.15) is 41.0 Å². The standard InChI is InChI=1S/C19H25N5O/c1-15-4-2-6-18(23-15)13-24-9-3-5-16(12-24)7-8-22-19(25)17-10-20-14-21-11-17/h2,4,6,10-11,14,16H,3,5,7-9,12-13H2,1H3,(H,22,25)/t16-/m1/s1. The second-order valence-corrected chi connectivity index (χ2v) is 6.69. The van der Waals surface area contributed by atoms with E-state index in [-0.39, 0.29) is 5.91 Å². The number of likely N-dealkylation sites (tertiary alicyclic amines) is 1. The lowest BCUT2D eigenvalue weighted by molar-refractivity contribution is 0.0945. The van der Waals surface area contributed by atoms with Gasteiger partial charge in [-0.05, 0) is 50.8 Å². The van der Waals surface area contributed by atoms with Crippen LogP contribution in [0, 0.1) is 12.8 Å². The molecule has 0 aromatic carbocycles. The summed E-state index contributed by atoms with van der Waals surface area (Å²) in [5.41, 5.74) is 2.72. The van der Waals surface area contributed by atoms with Crippen molar-refractivity contribution in [2.24, 2.45) is 5.92 Å². The first-order valence-electron chi connectivity index (χ1n) is 8.89. The first-order valence-corrected chi connectivity index (χ1v) is 8.89. The lowest BCUT2D eigenvalue weighted by atomic mass is 9.94. The lowest BCUT2D eigenvalue weighted by Crippen LogP contribution is -2.37. The molecule has 1 aliphatic rings. The Kier molecular flexibility index (Phi) is 6.06. The van der Waals surface area contributed by atoms with Crippen LogP contribution in [0.2, 0.25) is 0 Å². The molecule has 6 heteroatoms. The van der Waals surface area contributed by atoms with Crippen LogP contribution in [0.5, 0.6) is 0 Å². The number of pyridine rings is 1. The maximum absolute atomic E-state index is 12.0. The number of carbonyl (C=O) groups is 1. The summed E-state index contributed by atoms with van der Waals surface area (Å²) in [7, 11) is 0. The van der Waals surface area contributed by atoms with Gasteiger partial charge in [-0.15, -0.1) is 0 Å². The van der Waals surface area contributed by atoms with Gasteiger partial charge in [-0.25, -0.2) is 9.97 Å². The van der Waals surface area contributed by atoms with Gasteiger partial charge in [0.25, 0.3) is 5.91 Å². The average Bonchev–Trinajstić information content (AvgIpc) is 2.63. The zero-order valence-electron chi connectivity index (χ0n) is 14.7. The minimum absolute atomic E-state index is 0.0998. The Hall–Kier alpha value is -2.34. The quantitative estimate of drug-likeness (QED) is 0.874. The molecule has 1 fully saturated rings. The summed E-state index contributed by atoms with van der Waals surface area (Å²) in [6.07, 6.45) is 7.94. The molecular weight excluding hydrogens is 314 g/mol. The van der Waals surface area contributed by atoms with Crippen molar-refractivity contribution >= 4 is 5.91 Å². The third kappa shape index (κ3) is 5.32. The van der Waals surface area contributed by atoms with Gasteiger partial charge < -0.3 is 5.32 Å². The van der Waals surface area contributed by atoms with Crippen LogP contribution in [0.3, 0.4) is 0 Å². The second-order valence-electron chi connectivity index (χ2n) is 6.69. The topological polar surface area (TPSA) is 71.0 Å². The molecule has 3 heterocycles. The van der Waals surface area contributed by atoms with Gasteiger partial charge >= 0.3 is 0 Å². The monoisotopic (exact) mass is 339 g/mol. The van der Waals surface area contributed by atoms with Crippen LogP contribution in [0.25, 0.3) is 0 Å². The number of nitrogens with zero attached hydrogens (tertiary/aromatic N) is 4. The lowest BCUT2D eigenvalue weighted by Gasteiger charge is -2.32. The van der Waals surface area contributed by atoms with E-state index in [0.29, 0.717) is 18.0 Å². The van der Waals surface area contributed by atoms with E-state index >= 15 is 0 Å². The molecule has 1 atom stereocenters. The highest BCUT2D eigenvalue weighted by Gasteiger charge is 2.20. The molecule has 1 aliphatic heterocycles. The van der Waals surface area contributed by atoms with E-state index in [1.807, 2.05) is 13.0 Å². The van der Waals surface area contributed by atoms with Crippen molar-refractivity contribution in [3.63, 3.8) is 0 Å². The molecule has 1 amide bonds. The molecule has 0 spiro atoms. The summed E-state index contributed by atoms with van der Waals surface area (Å²) in [6, 6.07) is 6.20. The smallest absolute Gasteiger partial charge is 0.254 e. The number of nitrogens with one attached hydrogen (secondary N) is 1. The van der Waals surface area contributed by atoms with Gasteiger partial charge in [-0.2, -0.15) is 0 Å². The molecule has 1 saturated heterocycles. The van der Waals surface area contributed by atoms with Gasteiger partial charge in [0.05, 0.1) is 11.3 Å². The number of aromatic nitrogens is 3. The summed E-state index contributed by atoms with van der Waals surface area (Å²) < 4.78 is 0. The summed E-state index contributed by atoms with van der Waals surface area (Å²) in [5.74, 6) is 0.517. The van der Waals surface area contributed by atoms with Crippen molar-refractivity contribution in [2.75, 3.05) is 19.6 Å². The van der Waals surface area contributed by atoms with Crippen LogP contribution in [-0.2, 0) is 6.54 Å². The Morgan fingerprint density at radius 1 is 1.32 bits per heavy atom. The molecule has 0 radical (unpaired) electrons. The van der Waals surface area contributed by atoms with Gasteiger partial charge in [0.1, 0.15) is 6.33 Å². The van der Waals surface area contributed by atoms with Crippen molar-refractivity contribution in [2.45, 2.75) is 32.7 Å². The fourth-order valence-corrected chi connectivity index (χ4v) is 3.36. The van der Waals surface area contributed by atoms with Crippen molar-refractivity contribution in [1.29, 1.82) is 0 Å². The highest BCUT2D eigenvalue weighted by molar-refractivity contribution is 5.93. The van der Waals surface area contributed by atoms with Gasteiger partial charge in [0.2, 0.25) is 0 Å². The molecule has 0 unspecified atom stereocenters. The molecule has 6 nitrogen and oxygen atoms in total. The third-order valence-corrected chi connectivity index (χ3v) is 4.60. The first-order chi connectivity index (χ1) is 12.2. The van der Waals surface area contributed by atoms with Crippen molar-refractivity contribution in [1.82, 2.24) is 25.2 Å². The van der Waals surface area contributed by atoms with Crippen molar-refractivity contribution < 1.29 is 4.79 Å². The molecule has 0 bridgehead atoms. The molecule has 0 saturated carbocycles. The van der Waals surface area contributed by atoms with E-state index in [4.69, 9.17) is 0 Å². The average molecular weight is 339 g/mol. The third-order valence-electron chi connectivity index (χ3n) is 4.60. The number of piperidine rings is 1. The van der Waals surface area contributed by atoms with E-state index in [9.17, 15) is 4.79 Å². The van der Waals surface area contributed by atoms with Crippen LogP contribution in [-0.4, -0.2) is 45.4 Å². The molecule has 1 N–H and O–H groups in total. The number of rotatable bonds is 6. The molecule has 132 valence electrons. The van der Waals surface area contributed by atoms with Crippen LogP contribution >= 0.6 is 0 Å². The Morgan fingerprint density at radius 3 is 2.96 bits per heavy atom. The number of hydrogen-bond donors (Lipinski definition) is 1. The number of carbonyl (C=O) groups excluding carboxylic acids is 1. The fourth-order valence-electron chi connectivity index (χ4n) is 3.36. The number of amides is 1. The van der Waals surface area contributed by atoms with Crippen molar-refractivity contribution in [3.05, 3.63) is 53.9 Å². The Balaban J connectivity index is 1.43. The zero-order chi connectivity index (χ0) is 17.5. The molecule has 2 aromatic heterocycles. The van der Waals surface area contributed by atoms with E-state index in [1.165, 1.54) is 19.2 Å². The largest absolute Gasteiger partial charge is 0.352 e. The van der Waals surface area contributed by atoms with Gasteiger partial charge in [-0.1, -0.05) is 6.07 Å². The summed E-state index contributed by atoms with van der Waals surface area (Å²) >= 11 is 0.